The van der Waals surface area contributed by atoms with Gasteiger partial charge in [-0.2, -0.15) is 0 Å². The molecule has 18 heavy (non-hydrogen) atoms. The molecule has 0 radical (unpaired) electrons. The summed E-state index contributed by atoms with van der Waals surface area (Å²) in [7, 11) is 1.37. The third-order valence-electron chi connectivity index (χ3n) is 3.99. The lowest BCUT2D eigenvalue weighted by Gasteiger charge is -2.41. The van der Waals surface area contributed by atoms with E-state index in [0.29, 0.717) is 5.92 Å². The van der Waals surface area contributed by atoms with Crippen molar-refractivity contribution in [3.05, 3.63) is 34.2 Å². The highest BCUT2D eigenvalue weighted by Crippen LogP contribution is 2.38. The van der Waals surface area contributed by atoms with Gasteiger partial charge in [0.05, 0.1) is 7.11 Å². The number of fused-ring (bicyclic) bond motifs is 4. The first kappa shape index (κ1) is 11.5. The Kier molecular flexibility index (Phi) is 2.70. The number of rotatable bonds is 1. The number of hydrogen-bond donors (Lipinski definition) is 1. The molecule has 5 heteroatoms. The molecule has 0 amide bonds. The smallest absolute Gasteiger partial charge is 0.329 e. The summed E-state index contributed by atoms with van der Waals surface area (Å²) >= 11 is 0. The van der Waals surface area contributed by atoms with Crippen LogP contribution in [0.25, 0.3) is 0 Å². The number of methoxy groups -OCH3 is 1. The van der Waals surface area contributed by atoms with Gasteiger partial charge in [-0.15, -0.1) is 0 Å². The molecule has 1 fully saturated rings. The molecule has 2 aliphatic heterocycles. The minimum absolute atomic E-state index is 0.112. The summed E-state index contributed by atoms with van der Waals surface area (Å²) in [6.07, 6.45) is 0.941. The highest BCUT2D eigenvalue weighted by molar-refractivity contribution is 5.75. The molecule has 0 aliphatic carbocycles. The minimum atomic E-state index is -0.484. The van der Waals surface area contributed by atoms with Gasteiger partial charge in [-0.05, 0) is 12.5 Å². The Balaban J connectivity index is 2.18. The molecule has 1 saturated heterocycles. The first-order valence-corrected chi connectivity index (χ1v) is 6.22. The molecule has 2 aliphatic rings. The van der Waals surface area contributed by atoms with E-state index in [0.717, 1.165) is 25.2 Å². The van der Waals surface area contributed by atoms with Crippen LogP contribution in [0.3, 0.4) is 0 Å². The van der Waals surface area contributed by atoms with Gasteiger partial charge >= 0.3 is 5.97 Å². The van der Waals surface area contributed by atoms with Crippen LogP contribution in [0.2, 0.25) is 0 Å². The largest absolute Gasteiger partial charge is 0.467 e. The monoisotopic (exact) mass is 248 g/mol. The maximum atomic E-state index is 12.1. The van der Waals surface area contributed by atoms with Crippen molar-refractivity contribution in [2.45, 2.75) is 18.4 Å². The third kappa shape index (κ3) is 1.58. The van der Waals surface area contributed by atoms with E-state index in [1.54, 1.807) is 10.6 Å². The number of pyridine rings is 1. The Labute approximate surface area is 105 Å². The van der Waals surface area contributed by atoms with Crippen LogP contribution in [-0.4, -0.2) is 30.7 Å². The molecule has 3 heterocycles. The summed E-state index contributed by atoms with van der Waals surface area (Å²) in [5.41, 5.74) is 0.834. The molecule has 0 saturated carbocycles. The number of carbonyl (C=O) groups excluding carboxylic acids is 1. The highest BCUT2D eigenvalue weighted by Gasteiger charge is 2.41. The Morgan fingerprint density at radius 2 is 2.28 bits per heavy atom. The van der Waals surface area contributed by atoms with Crippen LogP contribution in [0.15, 0.2) is 23.0 Å². The molecule has 2 bridgehead atoms. The number of carbonyl (C=O) groups is 1. The standard InChI is InChI=1S/C13H16N2O3/c1-18-13(17)12-9-5-8(6-14-7-9)10-3-2-4-11(16)15(10)12/h2-4,8-9,12,14H,5-7H2,1H3/t8-,9+,12+/m1/s1. The Hall–Kier alpha value is -1.62. The zero-order valence-electron chi connectivity index (χ0n) is 10.3. The number of piperidine rings is 1. The molecule has 1 aromatic heterocycles. The Morgan fingerprint density at radius 3 is 3.06 bits per heavy atom. The summed E-state index contributed by atoms with van der Waals surface area (Å²) in [5, 5.41) is 3.33. The molecule has 1 aromatic rings. The zero-order chi connectivity index (χ0) is 12.7. The fourth-order valence-corrected chi connectivity index (χ4v) is 3.22. The van der Waals surface area contributed by atoms with Crippen molar-refractivity contribution in [3.63, 3.8) is 0 Å². The molecular formula is C13H16N2O3. The molecule has 5 nitrogen and oxygen atoms in total. The molecule has 3 rings (SSSR count). The number of nitrogens with one attached hydrogen (secondary N) is 1. The van der Waals surface area contributed by atoms with E-state index >= 15 is 0 Å². The molecule has 0 unspecified atom stereocenters. The summed E-state index contributed by atoms with van der Waals surface area (Å²) in [4.78, 5) is 24.0. The number of esters is 1. The number of nitrogens with zero attached hydrogens (tertiary/aromatic N) is 1. The van der Waals surface area contributed by atoms with Crippen LogP contribution in [0.4, 0.5) is 0 Å². The minimum Gasteiger partial charge on any atom is -0.467 e. The second-order valence-corrected chi connectivity index (χ2v) is 4.98. The molecule has 1 N–H and O–H groups in total. The van der Waals surface area contributed by atoms with Gasteiger partial charge in [-0.25, -0.2) is 4.79 Å². The van der Waals surface area contributed by atoms with Gasteiger partial charge in [-0.3, -0.25) is 9.36 Å². The molecule has 0 spiro atoms. The Morgan fingerprint density at radius 1 is 1.44 bits per heavy atom. The van der Waals surface area contributed by atoms with Gasteiger partial charge in [0.1, 0.15) is 6.04 Å². The van der Waals surface area contributed by atoms with Crippen molar-refractivity contribution in [1.29, 1.82) is 0 Å². The molecule has 3 atom stereocenters. The van der Waals surface area contributed by atoms with Gasteiger partial charge in [-0.1, -0.05) is 6.07 Å². The van der Waals surface area contributed by atoms with E-state index in [1.807, 2.05) is 6.07 Å². The average molecular weight is 248 g/mol. The zero-order valence-corrected chi connectivity index (χ0v) is 10.3. The van der Waals surface area contributed by atoms with Crippen LogP contribution in [0.1, 0.15) is 24.1 Å². The fourth-order valence-electron chi connectivity index (χ4n) is 3.22. The number of hydrogen-bond acceptors (Lipinski definition) is 4. The average Bonchev–Trinajstić information content (AvgIpc) is 2.40. The predicted molar refractivity (Wildman–Crippen MR) is 65.5 cm³/mol. The lowest BCUT2D eigenvalue weighted by molar-refractivity contribution is -0.147. The summed E-state index contributed by atoms with van der Waals surface area (Å²) in [6.45, 7) is 1.63. The molecule has 96 valence electrons. The fraction of sp³-hybridized carbons (Fsp3) is 0.538. The van der Waals surface area contributed by atoms with Crippen molar-refractivity contribution in [3.8, 4) is 0 Å². The van der Waals surface area contributed by atoms with Crippen LogP contribution in [-0.2, 0) is 9.53 Å². The lowest BCUT2D eigenvalue weighted by Crippen LogP contribution is -2.50. The topological polar surface area (TPSA) is 60.3 Å². The molecular weight excluding hydrogens is 232 g/mol. The lowest BCUT2D eigenvalue weighted by atomic mass is 9.79. The molecule has 0 aromatic carbocycles. The number of aromatic nitrogens is 1. The third-order valence-corrected chi connectivity index (χ3v) is 3.99. The van der Waals surface area contributed by atoms with E-state index in [9.17, 15) is 9.59 Å². The summed E-state index contributed by atoms with van der Waals surface area (Å²) in [6, 6.07) is 4.72. The van der Waals surface area contributed by atoms with Crippen molar-refractivity contribution in [2.24, 2.45) is 5.92 Å². The van der Waals surface area contributed by atoms with Crippen LogP contribution in [0, 0.1) is 5.92 Å². The maximum absolute atomic E-state index is 12.1. The van der Waals surface area contributed by atoms with Crippen molar-refractivity contribution < 1.29 is 9.53 Å². The summed E-state index contributed by atoms with van der Waals surface area (Å²) in [5.74, 6) is 0.138. The second-order valence-electron chi connectivity index (χ2n) is 4.98. The quantitative estimate of drug-likeness (QED) is 0.725. The maximum Gasteiger partial charge on any atom is 0.329 e. The van der Waals surface area contributed by atoms with Gasteiger partial charge in [0.15, 0.2) is 0 Å². The van der Waals surface area contributed by atoms with Gasteiger partial charge in [0.25, 0.3) is 5.56 Å². The SMILES string of the molecule is COC(=O)[C@@H]1[C@@H]2CNC[C@@H](C2)c2cccc(=O)n21. The van der Waals surface area contributed by atoms with E-state index in [-0.39, 0.29) is 17.4 Å². The predicted octanol–water partition coefficient (Wildman–Crippen LogP) is 0.269. The number of ether oxygens (including phenoxy) is 1. The normalized spacial score (nSPS) is 29.5. The van der Waals surface area contributed by atoms with Crippen LogP contribution >= 0.6 is 0 Å². The summed E-state index contributed by atoms with van der Waals surface area (Å²) < 4.78 is 6.50. The first-order valence-electron chi connectivity index (χ1n) is 6.22. The van der Waals surface area contributed by atoms with Crippen molar-refractivity contribution in [1.82, 2.24) is 9.88 Å². The van der Waals surface area contributed by atoms with Crippen LogP contribution < -0.4 is 10.9 Å². The van der Waals surface area contributed by atoms with E-state index in [4.69, 9.17) is 4.74 Å². The first-order chi connectivity index (χ1) is 8.72. The van der Waals surface area contributed by atoms with E-state index in [2.05, 4.69) is 5.32 Å². The van der Waals surface area contributed by atoms with Crippen molar-refractivity contribution in [2.75, 3.05) is 20.2 Å². The highest BCUT2D eigenvalue weighted by atomic mass is 16.5. The van der Waals surface area contributed by atoms with E-state index in [1.165, 1.54) is 13.2 Å². The van der Waals surface area contributed by atoms with Gasteiger partial charge in [0.2, 0.25) is 0 Å². The Bertz CT molecular complexity index is 537. The van der Waals surface area contributed by atoms with Crippen LogP contribution in [0.5, 0.6) is 0 Å². The van der Waals surface area contributed by atoms with Gasteiger partial charge < -0.3 is 10.1 Å². The van der Waals surface area contributed by atoms with Crippen molar-refractivity contribution >= 4 is 5.97 Å². The second kappa shape index (κ2) is 4.24. The van der Waals surface area contributed by atoms with Gasteiger partial charge in [0, 0.05) is 36.7 Å². The van der Waals surface area contributed by atoms with E-state index < -0.39 is 6.04 Å².